The molecule has 0 saturated carbocycles. The predicted molar refractivity (Wildman–Crippen MR) is 64.8 cm³/mol. The summed E-state index contributed by atoms with van der Waals surface area (Å²) < 4.78 is 0. The average Bonchev–Trinajstić information content (AvgIpc) is 2.26. The Morgan fingerprint density at radius 3 is 2.73 bits per heavy atom. The van der Waals surface area contributed by atoms with Gasteiger partial charge in [0, 0.05) is 12.6 Å². The van der Waals surface area contributed by atoms with E-state index in [-0.39, 0.29) is 0 Å². The Morgan fingerprint density at radius 1 is 1.27 bits per heavy atom. The van der Waals surface area contributed by atoms with Crippen molar-refractivity contribution in [2.45, 2.75) is 45.7 Å². The molecule has 1 atom stereocenters. The summed E-state index contributed by atoms with van der Waals surface area (Å²) in [6.07, 6.45) is 3.86. The van der Waals surface area contributed by atoms with Crippen LogP contribution in [0.15, 0.2) is 24.3 Å². The Balaban J connectivity index is 1.94. The van der Waals surface area contributed by atoms with Gasteiger partial charge in [-0.05, 0) is 36.3 Å². The van der Waals surface area contributed by atoms with E-state index in [1.807, 2.05) is 0 Å². The van der Waals surface area contributed by atoms with E-state index in [0.29, 0.717) is 6.04 Å². The van der Waals surface area contributed by atoms with Gasteiger partial charge in [-0.1, -0.05) is 38.1 Å². The summed E-state index contributed by atoms with van der Waals surface area (Å²) in [5.41, 5.74) is 3.03. The van der Waals surface area contributed by atoms with Crippen LogP contribution in [0.25, 0.3) is 0 Å². The molecule has 0 amide bonds. The van der Waals surface area contributed by atoms with Crippen molar-refractivity contribution in [1.29, 1.82) is 0 Å². The molecule has 1 aromatic carbocycles. The molecule has 0 saturated heterocycles. The number of benzene rings is 1. The van der Waals surface area contributed by atoms with E-state index in [1.54, 1.807) is 5.56 Å². The van der Waals surface area contributed by atoms with Crippen LogP contribution in [0, 0.1) is 5.92 Å². The smallest absolute Gasteiger partial charge is 0.0210 e. The molecule has 1 aliphatic rings. The zero-order valence-electron chi connectivity index (χ0n) is 9.79. The van der Waals surface area contributed by atoms with Crippen molar-refractivity contribution in [1.82, 2.24) is 5.32 Å². The van der Waals surface area contributed by atoms with Crippen molar-refractivity contribution in [2.24, 2.45) is 5.92 Å². The lowest BCUT2D eigenvalue weighted by Crippen LogP contribution is -2.35. The summed E-state index contributed by atoms with van der Waals surface area (Å²) in [6.45, 7) is 5.66. The molecule has 0 spiro atoms. The first-order valence-corrected chi connectivity index (χ1v) is 6.06. The van der Waals surface area contributed by atoms with Crippen LogP contribution in [0.5, 0.6) is 0 Å². The topological polar surface area (TPSA) is 12.0 Å². The van der Waals surface area contributed by atoms with Crippen LogP contribution in [-0.2, 0) is 13.0 Å². The molecule has 0 aromatic heterocycles. The number of fused-ring (bicyclic) bond motifs is 1. The zero-order valence-corrected chi connectivity index (χ0v) is 9.79. The molecular formula is C14H21N. The molecule has 0 radical (unpaired) electrons. The Morgan fingerprint density at radius 2 is 2.00 bits per heavy atom. The van der Waals surface area contributed by atoms with Crippen molar-refractivity contribution < 1.29 is 0 Å². The van der Waals surface area contributed by atoms with Crippen molar-refractivity contribution in [3.05, 3.63) is 35.4 Å². The molecule has 0 fully saturated rings. The Bertz CT molecular complexity index is 317. The fourth-order valence-electron chi connectivity index (χ4n) is 2.26. The molecule has 1 nitrogen and oxygen atoms in total. The highest BCUT2D eigenvalue weighted by Gasteiger charge is 2.16. The van der Waals surface area contributed by atoms with Gasteiger partial charge >= 0.3 is 0 Å². The van der Waals surface area contributed by atoms with Crippen LogP contribution < -0.4 is 5.32 Å². The molecule has 1 N–H and O–H groups in total. The van der Waals surface area contributed by atoms with Crippen LogP contribution in [-0.4, -0.2) is 6.04 Å². The third-order valence-corrected chi connectivity index (χ3v) is 3.26. The van der Waals surface area contributed by atoms with E-state index in [2.05, 4.69) is 43.4 Å². The fraction of sp³-hybridized carbons (Fsp3) is 0.571. The average molecular weight is 203 g/mol. The van der Waals surface area contributed by atoms with Gasteiger partial charge in [0.1, 0.15) is 0 Å². The number of hydrogen-bond acceptors (Lipinski definition) is 1. The second kappa shape index (κ2) is 4.80. The molecule has 1 heteroatoms. The molecule has 0 bridgehead atoms. The first-order chi connectivity index (χ1) is 7.25. The molecule has 1 aliphatic heterocycles. The van der Waals surface area contributed by atoms with Gasteiger partial charge in [0.15, 0.2) is 0 Å². The van der Waals surface area contributed by atoms with Gasteiger partial charge in [0.25, 0.3) is 0 Å². The van der Waals surface area contributed by atoms with Gasteiger partial charge in [-0.3, -0.25) is 0 Å². The van der Waals surface area contributed by atoms with Gasteiger partial charge in [-0.25, -0.2) is 0 Å². The van der Waals surface area contributed by atoms with E-state index in [0.717, 1.165) is 12.5 Å². The molecule has 2 rings (SSSR count). The molecule has 1 unspecified atom stereocenters. The number of rotatable bonds is 3. The largest absolute Gasteiger partial charge is 0.310 e. The van der Waals surface area contributed by atoms with Crippen molar-refractivity contribution in [2.75, 3.05) is 0 Å². The van der Waals surface area contributed by atoms with Gasteiger partial charge in [0.05, 0.1) is 0 Å². The van der Waals surface area contributed by atoms with Crippen molar-refractivity contribution in [3.63, 3.8) is 0 Å². The van der Waals surface area contributed by atoms with E-state index in [1.165, 1.54) is 24.8 Å². The monoisotopic (exact) mass is 203 g/mol. The maximum atomic E-state index is 3.63. The Kier molecular flexibility index (Phi) is 3.42. The summed E-state index contributed by atoms with van der Waals surface area (Å²) in [7, 11) is 0. The molecule has 1 heterocycles. The second-order valence-electron chi connectivity index (χ2n) is 5.02. The SMILES string of the molecule is CC(C)CCC1Cc2ccccc2CN1. The maximum Gasteiger partial charge on any atom is 0.0210 e. The van der Waals surface area contributed by atoms with Crippen molar-refractivity contribution in [3.8, 4) is 0 Å². The maximum absolute atomic E-state index is 3.63. The van der Waals surface area contributed by atoms with Gasteiger partial charge in [-0.15, -0.1) is 0 Å². The van der Waals surface area contributed by atoms with Crippen LogP contribution in [0.4, 0.5) is 0 Å². The third-order valence-electron chi connectivity index (χ3n) is 3.26. The quantitative estimate of drug-likeness (QED) is 0.796. The minimum atomic E-state index is 0.697. The van der Waals surface area contributed by atoms with Crippen LogP contribution in [0.3, 0.4) is 0 Å². The van der Waals surface area contributed by atoms with Gasteiger partial charge < -0.3 is 5.32 Å². The Labute approximate surface area is 92.9 Å². The van der Waals surface area contributed by atoms with Gasteiger partial charge in [-0.2, -0.15) is 0 Å². The van der Waals surface area contributed by atoms with Crippen LogP contribution >= 0.6 is 0 Å². The minimum Gasteiger partial charge on any atom is -0.310 e. The lowest BCUT2D eigenvalue weighted by molar-refractivity contribution is 0.410. The summed E-state index contributed by atoms with van der Waals surface area (Å²) in [5.74, 6) is 0.823. The highest BCUT2D eigenvalue weighted by Crippen LogP contribution is 2.19. The first kappa shape index (κ1) is 10.7. The summed E-state index contributed by atoms with van der Waals surface area (Å²) in [4.78, 5) is 0. The normalized spacial score (nSPS) is 20.3. The third kappa shape index (κ3) is 2.82. The number of hydrogen-bond donors (Lipinski definition) is 1. The molecule has 82 valence electrons. The fourth-order valence-corrected chi connectivity index (χ4v) is 2.26. The van der Waals surface area contributed by atoms with E-state index in [9.17, 15) is 0 Å². The standard InChI is InChI=1S/C14H21N/c1-11(2)7-8-14-9-12-5-3-4-6-13(12)10-15-14/h3-6,11,14-15H,7-10H2,1-2H3. The predicted octanol–water partition coefficient (Wildman–Crippen LogP) is 3.14. The molecule has 15 heavy (non-hydrogen) atoms. The highest BCUT2D eigenvalue weighted by molar-refractivity contribution is 5.29. The lowest BCUT2D eigenvalue weighted by Gasteiger charge is -2.26. The van der Waals surface area contributed by atoms with Crippen LogP contribution in [0.2, 0.25) is 0 Å². The summed E-state index contributed by atoms with van der Waals surface area (Å²) in [6, 6.07) is 9.50. The second-order valence-corrected chi connectivity index (χ2v) is 5.02. The zero-order chi connectivity index (χ0) is 10.7. The molecular weight excluding hydrogens is 182 g/mol. The summed E-state index contributed by atoms with van der Waals surface area (Å²) in [5, 5.41) is 3.63. The lowest BCUT2D eigenvalue weighted by atomic mass is 9.92. The Hall–Kier alpha value is -0.820. The van der Waals surface area contributed by atoms with E-state index >= 15 is 0 Å². The van der Waals surface area contributed by atoms with Crippen LogP contribution in [0.1, 0.15) is 37.8 Å². The highest BCUT2D eigenvalue weighted by atomic mass is 14.9. The van der Waals surface area contributed by atoms with Crippen molar-refractivity contribution >= 4 is 0 Å². The molecule has 1 aromatic rings. The van der Waals surface area contributed by atoms with E-state index < -0.39 is 0 Å². The van der Waals surface area contributed by atoms with E-state index in [4.69, 9.17) is 0 Å². The minimum absolute atomic E-state index is 0.697. The van der Waals surface area contributed by atoms with Gasteiger partial charge in [0.2, 0.25) is 0 Å². The summed E-state index contributed by atoms with van der Waals surface area (Å²) >= 11 is 0. The number of nitrogens with one attached hydrogen (secondary N) is 1. The molecule has 0 aliphatic carbocycles. The first-order valence-electron chi connectivity index (χ1n) is 6.06.